The third kappa shape index (κ3) is 2.61. The summed E-state index contributed by atoms with van der Waals surface area (Å²) in [5, 5.41) is 0. The summed E-state index contributed by atoms with van der Waals surface area (Å²) >= 11 is 0. The van der Waals surface area contributed by atoms with Crippen molar-refractivity contribution in [1.82, 2.24) is 9.88 Å². The fraction of sp³-hybridized carbons (Fsp3) is 0.538. The van der Waals surface area contributed by atoms with Crippen molar-refractivity contribution in [2.45, 2.75) is 25.9 Å². The summed E-state index contributed by atoms with van der Waals surface area (Å²) in [5.41, 5.74) is 0.734. The molecule has 2 heterocycles. The third-order valence-corrected chi connectivity index (χ3v) is 3.29. The van der Waals surface area contributed by atoms with Crippen molar-refractivity contribution >= 4 is 5.91 Å². The second-order valence-electron chi connectivity index (χ2n) is 4.65. The van der Waals surface area contributed by atoms with E-state index in [0.29, 0.717) is 13.1 Å². The fourth-order valence-corrected chi connectivity index (χ4v) is 2.23. The van der Waals surface area contributed by atoms with Crippen molar-refractivity contribution < 1.29 is 9.53 Å². The van der Waals surface area contributed by atoms with Crippen LogP contribution < -0.4 is 5.43 Å². The van der Waals surface area contributed by atoms with Gasteiger partial charge >= 0.3 is 0 Å². The van der Waals surface area contributed by atoms with Crippen LogP contribution in [0.3, 0.4) is 0 Å². The number of H-pyrrole nitrogens is 1. The normalized spacial score (nSPS) is 19.9. The Morgan fingerprint density at radius 2 is 2.33 bits per heavy atom. The predicted molar refractivity (Wildman–Crippen MR) is 67.7 cm³/mol. The van der Waals surface area contributed by atoms with E-state index in [1.165, 1.54) is 12.3 Å². The molecule has 1 aromatic rings. The molecule has 5 nitrogen and oxygen atoms in total. The van der Waals surface area contributed by atoms with Gasteiger partial charge in [0.25, 0.3) is 5.91 Å². The monoisotopic (exact) mass is 250 g/mol. The molecule has 1 aliphatic rings. The van der Waals surface area contributed by atoms with E-state index in [0.717, 1.165) is 18.5 Å². The zero-order chi connectivity index (χ0) is 13.1. The van der Waals surface area contributed by atoms with Crippen LogP contribution >= 0.6 is 0 Å². The maximum absolute atomic E-state index is 12.2. The van der Waals surface area contributed by atoms with E-state index in [1.807, 2.05) is 0 Å². The minimum Gasteiger partial charge on any atom is -0.380 e. The Balaban J connectivity index is 2.18. The molecule has 0 spiro atoms. The lowest BCUT2D eigenvalue weighted by atomic mass is 10.1. The van der Waals surface area contributed by atoms with Gasteiger partial charge in [0.1, 0.15) is 5.56 Å². The van der Waals surface area contributed by atoms with Crippen LogP contribution in [0.15, 0.2) is 17.1 Å². The molecule has 1 amide bonds. The lowest BCUT2D eigenvalue weighted by molar-refractivity contribution is 0.0268. The number of pyridine rings is 1. The summed E-state index contributed by atoms with van der Waals surface area (Å²) in [6.07, 6.45) is 3.45. The number of piperidine rings is 1. The molecule has 0 radical (unpaired) electrons. The number of rotatable bonds is 2. The lowest BCUT2D eigenvalue weighted by Gasteiger charge is -2.31. The van der Waals surface area contributed by atoms with E-state index in [4.69, 9.17) is 4.74 Å². The Labute approximate surface area is 106 Å². The topological polar surface area (TPSA) is 62.4 Å². The molecule has 0 aromatic carbocycles. The Morgan fingerprint density at radius 3 is 3.00 bits per heavy atom. The van der Waals surface area contributed by atoms with Gasteiger partial charge in [-0.2, -0.15) is 0 Å². The summed E-state index contributed by atoms with van der Waals surface area (Å²) in [6.45, 7) is 3.03. The molecule has 18 heavy (non-hydrogen) atoms. The van der Waals surface area contributed by atoms with E-state index in [9.17, 15) is 9.59 Å². The number of methoxy groups -OCH3 is 1. The standard InChI is InChI=1S/C13H18N2O3/c1-9-6-12(16)11(7-14-9)13(17)15-5-3-4-10(8-15)18-2/h6-7,10H,3-5,8H2,1-2H3,(H,14,16). The van der Waals surface area contributed by atoms with Gasteiger partial charge < -0.3 is 14.6 Å². The number of hydrogen-bond acceptors (Lipinski definition) is 3. The second-order valence-corrected chi connectivity index (χ2v) is 4.65. The minimum absolute atomic E-state index is 0.0761. The maximum atomic E-state index is 12.2. The quantitative estimate of drug-likeness (QED) is 0.849. The zero-order valence-electron chi connectivity index (χ0n) is 10.7. The average Bonchev–Trinajstić information content (AvgIpc) is 2.38. The molecule has 1 atom stereocenters. The van der Waals surface area contributed by atoms with E-state index < -0.39 is 0 Å². The van der Waals surface area contributed by atoms with Gasteiger partial charge in [-0.05, 0) is 19.8 Å². The summed E-state index contributed by atoms with van der Waals surface area (Å²) in [4.78, 5) is 28.6. The molecule has 98 valence electrons. The van der Waals surface area contributed by atoms with Crippen molar-refractivity contribution in [2.24, 2.45) is 0 Å². The number of amides is 1. The highest BCUT2D eigenvalue weighted by Gasteiger charge is 2.25. The fourth-order valence-electron chi connectivity index (χ4n) is 2.23. The van der Waals surface area contributed by atoms with Gasteiger partial charge in [-0.3, -0.25) is 9.59 Å². The first-order valence-corrected chi connectivity index (χ1v) is 6.13. The van der Waals surface area contributed by atoms with Crippen molar-refractivity contribution in [1.29, 1.82) is 0 Å². The molecule has 0 bridgehead atoms. The number of aromatic amines is 1. The second kappa shape index (κ2) is 5.35. The first kappa shape index (κ1) is 12.8. The summed E-state index contributed by atoms with van der Waals surface area (Å²) in [6, 6.07) is 1.45. The van der Waals surface area contributed by atoms with Crippen LogP contribution in [0.5, 0.6) is 0 Å². The first-order chi connectivity index (χ1) is 8.61. The summed E-state index contributed by atoms with van der Waals surface area (Å²) < 4.78 is 5.28. The first-order valence-electron chi connectivity index (χ1n) is 6.13. The number of nitrogens with zero attached hydrogens (tertiary/aromatic N) is 1. The van der Waals surface area contributed by atoms with Crippen LogP contribution in [0.2, 0.25) is 0 Å². The summed E-state index contributed by atoms with van der Waals surface area (Å²) in [7, 11) is 1.65. The smallest absolute Gasteiger partial charge is 0.259 e. The number of likely N-dealkylation sites (tertiary alicyclic amines) is 1. The number of ether oxygens (including phenoxy) is 1. The molecule has 1 fully saturated rings. The molecule has 0 saturated carbocycles. The Bertz CT molecular complexity index is 495. The number of hydrogen-bond donors (Lipinski definition) is 1. The van der Waals surface area contributed by atoms with E-state index >= 15 is 0 Å². The van der Waals surface area contributed by atoms with Crippen molar-refractivity contribution in [2.75, 3.05) is 20.2 Å². The lowest BCUT2D eigenvalue weighted by Crippen LogP contribution is -2.44. The number of aromatic nitrogens is 1. The van der Waals surface area contributed by atoms with E-state index in [1.54, 1.807) is 18.9 Å². The number of nitrogens with one attached hydrogen (secondary N) is 1. The van der Waals surface area contributed by atoms with Crippen LogP contribution in [0, 0.1) is 6.92 Å². The molecular weight excluding hydrogens is 232 g/mol. The molecular formula is C13H18N2O3. The van der Waals surface area contributed by atoms with Crippen LogP contribution in [-0.2, 0) is 4.74 Å². The minimum atomic E-state index is -0.226. The van der Waals surface area contributed by atoms with Crippen LogP contribution in [0.1, 0.15) is 28.9 Å². The van der Waals surface area contributed by atoms with Crippen LogP contribution in [0.4, 0.5) is 0 Å². The van der Waals surface area contributed by atoms with Gasteiger partial charge in [-0.1, -0.05) is 0 Å². The SMILES string of the molecule is COC1CCCN(C(=O)c2c[nH]c(C)cc2=O)C1. The number of aryl methyl sites for hydroxylation is 1. The summed E-state index contributed by atoms with van der Waals surface area (Å²) in [5.74, 6) is -0.210. The Hall–Kier alpha value is -1.62. The van der Waals surface area contributed by atoms with Gasteiger partial charge in [-0.25, -0.2) is 0 Å². The largest absolute Gasteiger partial charge is 0.380 e. The highest BCUT2D eigenvalue weighted by atomic mass is 16.5. The molecule has 5 heteroatoms. The van der Waals surface area contributed by atoms with Crippen LogP contribution in [-0.4, -0.2) is 42.1 Å². The molecule has 1 saturated heterocycles. The highest BCUT2D eigenvalue weighted by molar-refractivity contribution is 5.93. The van der Waals surface area contributed by atoms with Crippen molar-refractivity contribution in [3.63, 3.8) is 0 Å². The van der Waals surface area contributed by atoms with E-state index in [2.05, 4.69) is 4.98 Å². The highest BCUT2D eigenvalue weighted by Crippen LogP contribution is 2.14. The van der Waals surface area contributed by atoms with Gasteiger partial charge in [0.05, 0.1) is 6.10 Å². The molecule has 1 unspecified atom stereocenters. The van der Waals surface area contributed by atoms with Crippen molar-refractivity contribution in [3.05, 3.63) is 33.7 Å². The van der Waals surface area contributed by atoms with Gasteiger partial charge in [-0.15, -0.1) is 0 Å². The molecule has 1 aliphatic heterocycles. The van der Waals surface area contributed by atoms with Gasteiger partial charge in [0.15, 0.2) is 5.43 Å². The molecule has 1 aromatic heterocycles. The Morgan fingerprint density at radius 1 is 1.56 bits per heavy atom. The van der Waals surface area contributed by atoms with Crippen LogP contribution in [0.25, 0.3) is 0 Å². The average molecular weight is 250 g/mol. The maximum Gasteiger partial charge on any atom is 0.259 e. The third-order valence-electron chi connectivity index (χ3n) is 3.29. The molecule has 1 N–H and O–H groups in total. The Kier molecular flexibility index (Phi) is 3.81. The van der Waals surface area contributed by atoms with Crippen molar-refractivity contribution in [3.8, 4) is 0 Å². The van der Waals surface area contributed by atoms with E-state index in [-0.39, 0.29) is 23.0 Å². The number of carbonyl (C=O) groups is 1. The predicted octanol–water partition coefficient (Wildman–Crippen LogP) is 0.934. The number of carbonyl (C=O) groups excluding carboxylic acids is 1. The van der Waals surface area contributed by atoms with Gasteiger partial charge in [0.2, 0.25) is 0 Å². The van der Waals surface area contributed by atoms with Gasteiger partial charge in [0, 0.05) is 38.2 Å². The zero-order valence-corrected chi connectivity index (χ0v) is 10.7. The molecule has 0 aliphatic carbocycles. The molecule has 2 rings (SSSR count).